The van der Waals surface area contributed by atoms with Crippen molar-refractivity contribution in [3.8, 4) is 0 Å². The zero-order chi connectivity index (χ0) is 3.58. The summed E-state index contributed by atoms with van der Waals surface area (Å²) in [6, 6.07) is 0. The molecule has 0 radical (unpaired) electrons. The molecule has 3 N–H and O–H groups in total. The van der Waals surface area contributed by atoms with Gasteiger partial charge in [0.2, 0.25) is 0 Å². The molecule has 8 heteroatoms. The third-order valence-corrected chi connectivity index (χ3v) is 0. The second kappa shape index (κ2) is 28.4. The quantitative estimate of drug-likeness (QED) is 0.221. The van der Waals surface area contributed by atoms with Gasteiger partial charge in [-0.2, -0.15) is 0 Å². The van der Waals surface area contributed by atoms with E-state index in [-0.39, 0.29) is 40.4 Å². The first kappa shape index (κ1) is 44.4. The summed E-state index contributed by atoms with van der Waals surface area (Å²) in [6.45, 7) is 0. The Bertz CT molecular complexity index is 35.4. The van der Waals surface area contributed by atoms with Crippen molar-refractivity contribution in [3.63, 3.8) is 0 Å². The summed E-state index contributed by atoms with van der Waals surface area (Å²) in [7, 11) is 0. The van der Waals surface area contributed by atoms with E-state index in [0.29, 0.717) is 0 Å². The van der Waals surface area contributed by atoms with Gasteiger partial charge in [-0.15, -0.1) is 0 Å². The third-order valence-electron chi connectivity index (χ3n) is 0. The van der Waals surface area contributed by atoms with Gasteiger partial charge in [-0.05, 0) is 0 Å². The molecule has 0 fully saturated rings. The summed E-state index contributed by atoms with van der Waals surface area (Å²) in [5, 5.41) is 14.8. The third kappa shape index (κ3) is 29000. The molecule has 0 aliphatic rings. The second-order valence-corrected chi connectivity index (χ2v) is 0.224. The van der Waals surface area contributed by atoms with Gasteiger partial charge in [0.15, 0.2) is 0 Å². The zero-order valence-corrected chi connectivity index (χ0v) is 5.00. The van der Waals surface area contributed by atoms with Crippen LogP contribution >= 0.6 is 0 Å². The fraction of sp³-hybridized carbons (Fsp3) is 0. The molecule has 0 saturated heterocycles. The molecule has 0 bridgehead atoms. The molecule has 0 saturated carbocycles. The minimum atomic E-state index is -1.75. The Morgan fingerprint density at radius 2 is 1.25 bits per heavy atom. The first-order valence-corrected chi connectivity index (χ1v) is 0.548. The molecule has 0 aromatic heterocycles. The fourth-order valence-corrected chi connectivity index (χ4v) is 0. The summed E-state index contributed by atoms with van der Waals surface area (Å²) in [6.07, 6.45) is 0. The normalized spacial score (nSPS) is 3.00. The van der Waals surface area contributed by atoms with Gasteiger partial charge < -0.3 is 38.7 Å². The van der Waals surface area contributed by atoms with Crippen LogP contribution in [0.25, 0.3) is 0 Å². The molecule has 0 atom stereocenters. The predicted molar refractivity (Wildman–Crippen MR) is 15.9 cm³/mol. The van der Waals surface area contributed by atoms with E-state index >= 15 is 0 Å². The van der Waals surface area contributed by atoms with Crippen molar-refractivity contribution in [2.24, 2.45) is 0 Å². The maximum absolute atomic E-state index is 8.25. The average Bonchev–Trinajstić information content (AvgIpc) is 0.811. The van der Waals surface area contributed by atoms with Crippen LogP contribution in [0.15, 0.2) is 0 Å². The molecule has 0 aromatic carbocycles. The smallest absolute Gasteiger partial charge is 1.00 e. The first-order chi connectivity index (χ1) is 1.73. The van der Waals surface area contributed by atoms with Gasteiger partial charge in [-0.25, -0.2) is 0 Å². The Morgan fingerprint density at radius 3 is 1.25 bits per heavy atom. The van der Waals surface area contributed by atoms with E-state index in [0.717, 1.165) is 0 Å². The molecule has 0 spiro atoms. The van der Waals surface area contributed by atoms with Crippen LogP contribution < -0.4 is 12.4 Å². The van der Waals surface area contributed by atoms with Crippen molar-refractivity contribution in [3.05, 3.63) is 15.3 Å². The van der Waals surface area contributed by atoms with Crippen molar-refractivity contribution in [2.75, 3.05) is 0 Å². The molecule has 0 amide bonds. The maximum atomic E-state index is 8.25. The summed E-state index contributed by atoms with van der Waals surface area (Å²) < 4.78 is 0. The summed E-state index contributed by atoms with van der Waals surface area (Å²) in [4.78, 5) is 8.25. The molecule has 6 nitrogen and oxygen atoms in total. The first-order valence-electron chi connectivity index (χ1n) is 0.548. The topological polar surface area (TPSA) is 128 Å². The molecule has 0 rings (SSSR count). The van der Waals surface area contributed by atoms with Crippen molar-refractivity contribution in [1.82, 2.24) is 0 Å². The summed E-state index contributed by atoms with van der Waals surface area (Å²) in [5.74, 6) is 0. The van der Waals surface area contributed by atoms with Gasteiger partial charge in [0.25, 0.3) is 0 Å². The van der Waals surface area contributed by atoms with E-state index in [1.165, 1.54) is 0 Å². The SMILES string of the molecule is O.O=[N+]([O-])[O-].[Cl-].[Cu+3].[OH-]. The van der Waals surface area contributed by atoms with E-state index in [1.54, 1.807) is 0 Å². The largest absolute Gasteiger partial charge is 3.00 e. The molecule has 0 aromatic rings. The molecule has 56 valence electrons. The van der Waals surface area contributed by atoms with Crippen LogP contribution in [-0.4, -0.2) is 16.0 Å². The van der Waals surface area contributed by atoms with Crippen molar-refractivity contribution in [2.45, 2.75) is 0 Å². The van der Waals surface area contributed by atoms with Gasteiger partial charge >= 0.3 is 17.1 Å². The van der Waals surface area contributed by atoms with Crippen LogP contribution in [0, 0.1) is 15.3 Å². The maximum Gasteiger partial charge on any atom is 3.00 e. The molecular formula is H3ClCuNO5. The Balaban J connectivity index is -0.00000000750. The van der Waals surface area contributed by atoms with Gasteiger partial charge in [0.1, 0.15) is 0 Å². The molecular weight excluding hydrogens is 193 g/mol. The van der Waals surface area contributed by atoms with Crippen LogP contribution in [0.3, 0.4) is 0 Å². The number of halogens is 1. The van der Waals surface area contributed by atoms with Gasteiger partial charge in [-0.1, -0.05) is 0 Å². The number of hydrogen-bond acceptors (Lipinski definition) is 4. The van der Waals surface area contributed by atoms with E-state index < -0.39 is 5.09 Å². The fourth-order valence-electron chi connectivity index (χ4n) is 0. The second-order valence-electron chi connectivity index (χ2n) is 0.224. The minimum absolute atomic E-state index is 0. The Kier molecular flexibility index (Phi) is 157. The minimum Gasteiger partial charge on any atom is -1.00 e. The molecule has 0 aliphatic heterocycles. The van der Waals surface area contributed by atoms with Crippen molar-refractivity contribution < 1.29 is 45.5 Å². The summed E-state index contributed by atoms with van der Waals surface area (Å²) in [5.41, 5.74) is 0. The molecule has 0 heterocycles. The zero-order valence-electron chi connectivity index (χ0n) is 3.30. The van der Waals surface area contributed by atoms with Crippen LogP contribution in [-0.2, 0) is 17.1 Å². The Labute approximate surface area is 61.5 Å². The van der Waals surface area contributed by atoms with E-state index in [4.69, 9.17) is 15.3 Å². The van der Waals surface area contributed by atoms with Gasteiger partial charge in [0.05, 0.1) is 5.09 Å². The van der Waals surface area contributed by atoms with Crippen LogP contribution in [0.2, 0.25) is 0 Å². The van der Waals surface area contributed by atoms with Gasteiger partial charge in [-0.3, -0.25) is 0 Å². The van der Waals surface area contributed by atoms with Crippen molar-refractivity contribution in [1.29, 1.82) is 0 Å². The van der Waals surface area contributed by atoms with E-state index in [9.17, 15) is 0 Å². The summed E-state index contributed by atoms with van der Waals surface area (Å²) >= 11 is 0. The number of hydrogen-bond donors (Lipinski definition) is 0. The van der Waals surface area contributed by atoms with E-state index in [2.05, 4.69) is 0 Å². The standard InChI is InChI=1S/ClH.Cu.NO3.2H2O/c;;2-1(3)4;;/h1H;;;2*1H2/q;+3;-1;;/p-2. The number of nitrogens with zero attached hydrogens (tertiary/aromatic N) is 1. The molecule has 0 aliphatic carbocycles. The monoisotopic (exact) mass is 195 g/mol. The predicted octanol–water partition coefficient (Wildman–Crippen LogP) is -4.24. The van der Waals surface area contributed by atoms with E-state index in [1.807, 2.05) is 0 Å². The van der Waals surface area contributed by atoms with Gasteiger partial charge in [0, 0.05) is 0 Å². The number of rotatable bonds is 0. The average molecular weight is 196 g/mol. The van der Waals surface area contributed by atoms with Crippen LogP contribution in [0.1, 0.15) is 0 Å². The molecule has 0 unspecified atom stereocenters. The Morgan fingerprint density at radius 1 is 1.25 bits per heavy atom. The van der Waals surface area contributed by atoms with Crippen LogP contribution in [0.4, 0.5) is 0 Å². The molecule has 8 heavy (non-hydrogen) atoms. The Hall–Kier alpha value is -0.0705. The van der Waals surface area contributed by atoms with Crippen LogP contribution in [0.5, 0.6) is 0 Å². The van der Waals surface area contributed by atoms with Crippen molar-refractivity contribution >= 4 is 0 Å².